The minimum atomic E-state index is 0.263. The van der Waals surface area contributed by atoms with Crippen molar-refractivity contribution in [1.29, 1.82) is 0 Å². The van der Waals surface area contributed by atoms with Gasteiger partial charge in [0.05, 0.1) is 6.54 Å². The number of carbonyl (C=O) groups excluding carboxylic acids is 1. The number of aromatic nitrogens is 2. The van der Waals surface area contributed by atoms with Gasteiger partial charge in [0.15, 0.2) is 5.82 Å². The van der Waals surface area contributed by atoms with E-state index in [0.29, 0.717) is 24.9 Å². The van der Waals surface area contributed by atoms with E-state index in [1.54, 1.807) is 6.92 Å². The van der Waals surface area contributed by atoms with Crippen LogP contribution in [0.5, 0.6) is 0 Å². The molecule has 0 N–H and O–H groups in total. The van der Waals surface area contributed by atoms with Crippen molar-refractivity contribution in [2.75, 3.05) is 6.54 Å². The summed E-state index contributed by atoms with van der Waals surface area (Å²) in [7, 11) is 0. The predicted molar refractivity (Wildman–Crippen MR) is 71.6 cm³/mol. The molecule has 0 aromatic carbocycles. The molecular formula is C14H23N3O2. The van der Waals surface area contributed by atoms with Crippen LogP contribution in [0.4, 0.5) is 0 Å². The lowest BCUT2D eigenvalue weighted by Gasteiger charge is -2.27. The quantitative estimate of drug-likeness (QED) is 0.818. The summed E-state index contributed by atoms with van der Waals surface area (Å²) < 4.78 is 5.15. The van der Waals surface area contributed by atoms with Gasteiger partial charge in [-0.15, -0.1) is 0 Å². The number of Topliss-reactive ketones (excluding diaryl/α,β-unsaturated/α-hetero) is 1. The van der Waals surface area contributed by atoms with Crippen LogP contribution in [0.15, 0.2) is 4.52 Å². The Kier molecular flexibility index (Phi) is 5.07. The lowest BCUT2D eigenvalue weighted by atomic mass is 10.0. The molecule has 1 saturated heterocycles. The van der Waals surface area contributed by atoms with Crippen molar-refractivity contribution in [2.45, 2.75) is 65.0 Å². The molecule has 2 rings (SSSR count). The van der Waals surface area contributed by atoms with E-state index >= 15 is 0 Å². The highest BCUT2D eigenvalue weighted by Crippen LogP contribution is 2.21. The summed E-state index contributed by atoms with van der Waals surface area (Å²) in [4.78, 5) is 18.1. The molecule has 0 aliphatic carbocycles. The van der Waals surface area contributed by atoms with Crippen LogP contribution in [0.3, 0.4) is 0 Å². The number of carbonyl (C=O) groups is 1. The number of rotatable bonds is 5. The van der Waals surface area contributed by atoms with Crippen LogP contribution in [0.1, 0.15) is 57.7 Å². The molecule has 106 valence electrons. The van der Waals surface area contributed by atoms with E-state index in [4.69, 9.17) is 4.52 Å². The van der Waals surface area contributed by atoms with Crippen molar-refractivity contribution in [1.82, 2.24) is 15.0 Å². The Hall–Kier alpha value is -1.23. The van der Waals surface area contributed by atoms with Gasteiger partial charge in [-0.1, -0.05) is 24.9 Å². The number of hydrogen-bond acceptors (Lipinski definition) is 5. The maximum atomic E-state index is 11.4. The van der Waals surface area contributed by atoms with Gasteiger partial charge in [0, 0.05) is 18.9 Å². The first-order valence-electron chi connectivity index (χ1n) is 7.24. The summed E-state index contributed by atoms with van der Waals surface area (Å²) in [6, 6.07) is 0.337. The first-order chi connectivity index (χ1) is 9.19. The van der Waals surface area contributed by atoms with Gasteiger partial charge in [-0.2, -0.15) is 4.98 Å². The number of likely N-dealkylation sites (tertiary alicyclic amines) is 1. The summed E-state index contributed by atoms with van der Waals surface area (Å²) in [5.41, 5.74) is 0. The first-order valence-corrected chi connectivity index (χ1v) is 7.24. The first kappa shape index (κ1) is 14.2. The van der Waals surface area contributed by atoms with Gasteiger partial charge in [0.25, 0.3) is 0 Å². The third-order valence-corrected chi connectivity index (χ3v) is 3.68. The molecule has 1 aromatic heterocycles. The highest BCUT2D eigenvalue weighted by atomic mass is 16.5. The van der Waals surface area contributed by atoms with E-state index in [2.05, 4.69) is 15.0 Å². The van der Waals surface area contributed by atoms with Gasteiger partial charge in [0.1, 0.15) is 5.78 Å². The number of ketones is 1. The van der Waals surface area contributed by atoms with Crippen LogP contribution in [-0.2, 0) is 17.8 Å². The van der Waals surface area contributed by atoms with Crippen molar-refractivity contribution in [3.8, 4) is 0 Å². The second kappa shape index (κ2) is 6.80. The second-order valence-electron chi connectivity index (χ2n) is 5.34. The fourth-order valence-electron chi connectivity index (χ4n) is 2.69. The van der Waals surface area contributed by atoms with Crippen LogP contribution in [0, 0.1) is 0 Å². The largest absolute Gasteiger partial charge is 0.339 e. The van der Waals surface area contributed by atoms with E-state index in [0.717, 1.165) is 25.2 Å². The number of hydrogen-bond donors (Lipinski definition) is 0. The van der Waals surface area contributed by atoms with Crippen LogP contribution < -0.4 is 0 Å². The molecule has 5 heteroatoms. The lowest BCUT2D eigenvalue weighted by Crippen LogP contribution is -2.36. The fraction of sp³-hybridized carbons (Fsp3) is 0.786. The Balaban J connectivity index is 2.02. The topological polar surface area (TPSA) is 59.2 Å². The minimum Gasteiger partial charge on any atom is -0.339 e. The molecule has 5 nitrogen and oxygen atoms in total. The summed E-state index contributed by atoms with van der Waals surface area (Å²) in [5, 5.41) is 4.01. The standard InChI is InChI=1S/C14H23N3O2/c1-3-14-15-13(16-19-14)10-17-8-6-4-5-7-12(17)9-11(2)18/h12H,3-10H2,1-2H3. The van der Waals surface area contributed by atoms with Crippen molar-refractivity contribution >= 4 is 5.78 Å². The van der Waals surface area contributed by atoms with Crippen molar-refractivity contribution < 1.29 is 9.32 Å². The van der Waals surface area contributed by atoms with Crippen LogP contribution in [-0.4, -0.2) is 33.4 Å². The maximum Gasteiger partial charge on any atom is 0.226 e. The molecule has 0 bridgehead atoms. The van der Waals surface area contributed by atoms with Gasteiger partial charge >= 0.3 is 0 Å². The molecule has 0 saturated carbocycles. The van der Waals surface area contributed by atoms with Crippen molar-refractivity contribution in [2.24, 2.45) is 0 Å². The molecule has 1 fully saturated rings. The summed E-state index contributed by atoms with van der Waals surface area (Å²) in [6.07, 6.45) is 6.14. The van der Waals surface area contributed by atoms with E-state index in [-0.39, 0.29) is 5.78 Å². The third-order valence-electron chi connectivity index (χ3n) is 3.68. The Bertz CT molecular complexity index is 417. The van der Waals surface area contributed by atoms with Crippen molar-refractivity contribution in [3.05, 3.63) is 11.7 Å². The number of nitrogens with zero attached hydrogens (tertiary/aromatic N) is 3. The average Bonchev–Trinajstić information content (AvgIpc) is 2.72. The van der Waals surface area contributed by atoms with E-state index < -0.39 is 0 Å². The minimum absolute atomic E-state index is 0.263. The molecule has 0 spiro atoms. The second-order valence-corrected chi connectivity index (χ2v) is 5.34. The zero-order valence-electron chi connectivity index (χ0n) is 11.9. The SMILES string of the molecule is CCc1nc(CN2CCCCCC2CC(C)=O)no1. The molecule has 2 heterocycles. The fourth-order valence-corrected chi connectivity index (χ4v) is 2.69. The van der Waals surface area contributed by atoms with Gasteiger partial charge < -0.3 is 4.52 Å². The van der Waals surface area contributed by atoms with E-state index in [1.807, 2.05) is 6.92 Å². The molecule has 1 atom stereocenters. The molecule has 1 aliphatic heterocycles. The molecule has 19 heavy (non-hydrogen) atoms. The van der Waals surface area contributed by atoms with E-state index in [9.17, 15) is 4.79 Å². The van der Waals surface area contributed by atoms with Crippen LogP contribution >= 0.6 is 0 Å². The average molecular weight is 265 g/mol. The van der Waals surface area contributed by atoms with Gasteiger partial charge in [0.2, 0.25) is 5.89 Å². The maximum absolute atomic E-state index is 11.4. The van der Waals surface area contributed by atoms with Crippen molar-refractivity contribution in [3.63, 3.8) is 0 Å². The Labute approximate surface area is 114 Å². The Morgan fingerprint density at radius 1 is 1.42 bits per heavy atom. The molecule has 1 aromatic rings. The summed E-state index contributed by atoms with van der Waals surface area (Å²) >= 11 is 0. The molecule has 0 radical (unpaired) electrons. The van der Waals surface area contributed by atoms with Crippen LogP contribution in [0.2, 0.25) is 0 Å². The van der Waals surface area contributed by atoms with E-state index in [1.165, 1.54) is 19.3 Å². The Morgan fingerprint density at radius 3 is 2.95 bits per heavy atom. The lowest BCUT2D eigenvalue weighted by molar-refractivity contribution is -0.118. The van der Waals surface area contributed by atoms with Gasteiger partial charge in [-0.3, -0.25) is 9.69 Å². The highest BCUT2D eigenvalue weighted by Gasteiger charge is 2.23. The summed E-state index contributed by atoms with van der Waals surface area (Å²) in [6.45, 7) is 5.39. The summed E-state index contributed by atoms with van der Waals surface area (Å²) in [5.74, 6) is 1.69. The van der Waals surface area contributed by atoms with Gasteiger partial charge in [-0.05, 0) is 26.3 Å². The Morgan fingerprint density at radius 2 is 2.26 bits per heavy atom. The molecule has 0 amide bonds. The number of aryl methyl sites for hydroxylation is 1. The molecular weight excluding hydrogens is 242 g/mol. The zero-order chi connectivity index (χ0) is 13.7. The highest BCUT2D eigenvalue weighted by molar-refractivity contribution is 5.76. The predicted octanol–water partition coefficient (Wildman–Crippen LogP) is 2.36. The monoisotopic (exact) mass is 265 g/mol. The van der Waals surface area contributed by atoms with Crippen LogP contribution in [0.25, 0.3) is 0 Å². The molecule has 1 aliphatic rings. The normalized spacial score (nSPS) is 21.3. The molecule has 1 unspecified atom stereocenters. The van der Waals surface area contributed by atoms with Gasteiger partial charge in [-0.25, -0.2) is 0 Å². The smallest absolute Gasteiger partial charge is 0.226 e. The third kappa shape index (κ3) is 4.13. The zero-order valence-corrected chi connectivity index (χ0v) is 11.9.